The Labute approximate surface area is 321 Å². The van der Waals surface area contributed by atoms with Gasteiger partial charge in [-0.2, -0.15) is 0 Å². The molecule has 0 radical (unpaired) electrons. The van der Waals surface area contributed by atoms with Crippen molar-refractivity contribution in [3.63, 3.8) is 0 Å². The molecule has 18 nitrogen and oxygen atoms in total. The van der Waals surface area contributed by atoms with Gasteiger partial charge in [0.05, 0.1) is 0 Å². The van der Waals surface area contributed by atoms with Gasteiger partial charge in [-0.15, -0.1) is 0 Å². The van der Waals surface area contributed by atoms with Crippen LogP contribution in [-0.4, -0.2) is 104 Å². The van der Waals surface area contributed by atoms with E-state index in [4.69, 9.17) is 11.5 Å². The number of urea groups is 1. The van der Waals surface area contributed by atoms with E-state index in [2.05, 4.69) is 20.9 Å². The normalized spacial score (nSPS) is 15.3. The first-order valence-electron chi connectivity index (χ1n) is 17.6. The number of hydrogen-bond donors (Lipinski definition) is 8. The molecule has 0 spiro atoms. The highest BCUT2D eigenvalue weighted by molar-refractivity contribution is 6.06. The SMILES string of the molecule is NC(N)=NCCC[C@H]1C(=O)N(CC(=O)N[C@H](CCC(=O)O)C(=O)N[C@H](C(=O)N[C@@H](Cc2ccc(O)cc2)C(=O)O)c2ccccc2)C(=O)N1Cc1ccccc1. The van der Waals surface area contributed by atoms with E-state index < -0.39 is 85.2 Å². The zero-order chi connectivity index (χ0) is 40.8. The molecule has 296 valence electrons. The highest BCUT2D eigenvalue weighted by Gasteiger charge is 2.45. The number of aliphatic imine (C=N–C) groups is 1. The van der Waals surface area contributed by atoms with Gasteiger partial charge in [-0.3, -0.25) is 33.9 Å². The summed E-state index contributed by atoms with van der Waals surface area (Å²) in [5, 5.41) is 36.2. The molecule has 56 heavy (non-hydrogen) atoms. The number of guanidine groups is 1. The van der Waals surface area contributed by atoms with Crippen molar-refractivity contribution in [1.82, 2.24) is 25.8 Å². The minimum Gasteiger partial charge on any atom is -0.508 e. The van der Waals surface area contributed by atoms with Crippen molar-refractivity contribution < 1.29 is 48.9 Å². The van der Waals surface area contributed by atoms with Gasteiger partial charge in [-0.1, -0.05) is 72.8 Å². The largest absolute Gasteiger partial charge is 0.508 e. The predicted molar refractivity (Wildman–Crippen MR) is 200 cm³/mol. The molecule has 18 heteroatoms. The quantitative estimate of drug-likeness (QED) is 0.0339. The molecule has 4 rings (SSSR count). The van der Waals surface area contributed by atoms with Crippen LogP contribution in [0.5, 0.6) is 5.75 Å². The standard InChI is InChI=1S/C38H44N8O10/c39-37(40)41-19-7-12-29-35(53)46(38(56)45(29)21-24-8-3-1-4-9-24)22-30(48)42-27(17-18-31(49)50)33(51)44-32(25-10-5-2-6-11-25)34(52)43-28(36(54)55)20-23-13-15-26(47)16-14-23/h1-6,8-11,13-16,27-29,32,47H,7,12,17-22H2,(H,42,48)(H,43,52)(H,44,51)(H,49,50)(H,54,55)(H4,39,40,41)/t27-,28+,29+,32+/m1/s1. The number of nitrogens with one attached hydrogen (secondary N) is 3. The third-order valence-electron chi connectivity index (χ3n) is 8.80. The Kier molecular flexibility index (Phi) is 14.9. The lowest BCUT2D eigenvalue weighted by atomic mass is 10.0. The van der Waals surface area contributed by atoms with E-state index in [9.17, 15) is 48.9 Å². The highest BCUT2D eigenvalue weighted by Crippen LogP contribution is 2.24. The minimum absolute atomic E-state index is 0.0371. The lowest BCUT2D eigenvalue weighted by Crippen LogP contribution is -2.54. The summed E-state index contributed by atoms with van der Waals surface area (Å²) < 4.78 is 0. The second kappa shape index (κ2) is 19.9. The van der Waals surface area contributed by atoms with Gasteiger partial charge in [0.15, 0.2) is 5.96 Å². The van der Waals surface area contributed by atoms with E-state index in [1.807, 2.05) is 0 Å². The zero-order valence-electron chi connectivity index (χ0n) is 30.2. The van der Waals surface area contributed by atoms with Gasteiger partial charge in [-0.25, -0.2) is 9.59 Å². The van der Waals surface area contributed by atoms with E-state index in [1.54, 1.807) is 48.5 Å². The second-order valence-electron chi connectivity index (χ2n) is 13.0. The van der Waals surface area contributed by atoms with Crippen molar-refractivity contribution in [2.45, 2.75) is 62.8 Å². The molecule has 4 atom stereocenters. The Morgan fingerprint density at radius 2 is 1.43 bits per heavy atom. The van der Waals surface area contributed by atoms with Gasteiger partial charge in [0.2, 0.25) is 17.7 Å². The fraction of sp³-hybridized carbons (Fsp3) is 0.316. The number of aromatic hydroxyl groups is 1. The minimum atomic E-state index is -1.56. The monoisotopic (exact) mass is 772 g/mol. The Balaban J connectivity index is 1.51. The van der Waals surface area contributed by atoms with E-state index >= 15 is 0 Å². The van der Waals surface area contributed by atoms with Crippen molar-refractivity contribution in [1.29, 1.82) is 0 Å². The van der Waals surface area contributed by atoms with E-state index in [0.717, 1.165) is 10.5 Å². The molecular formula is C38H44N8O10. The number of imide groups is 1. The molecule has 1 saturated heterocycles. The second-order valence-corrected chi connectivity index (χ2v) is 13.0. The lowest BCUT2D eigenvalue weighted by molar-refractivity contribution is -0.142. The molecule has 1 aliphatic rings. The number of amides is 6. The lowest BCUT2D eigenvalue weighted by Gasteiger charge is -2.25. The number of nitrogens with two attached hydrogens (primary N) is 2. The predicted octanol–water partition coefficient (Wildman–Crippen LogP) is 0.598. The van der Waals surface area contributed by atoms with Crippen LogP contribution in [-0.2, 0) is 41.7 Å². The highest BCUT2D eigenvalue weighted by atomic mass is 16.4. The molecule has 1 heterocycles. The molecule has 6 amide bonds. The number of carboxylic acids is 2. The van der Waals surface area contributed by atoms with Gasteiger partial charge in [0.1, 0.15) is 36.5 Å². The number of nitrogens with zero attached hydrogens (tertiary/aromatic N) is 3. The first kappa shape index (κ1) is 41.8. The maximum absolute atomic E-state index is 13.8. The van der Waals surface area contributed by atoms with E-state index in [1.165, 1.54) is 41.3 Å². The van der Waals surface area contributed by atoms with Gasteiger partial charge >= 0.3 is 18.0 Å². The van der Waals surface area contributed by atoms with Crippen LogP contribution in [0.25, 0.3) is 0 Å². The number of carbonyl (C=O) groups excluding carboxylic acids is 5. The summed E-state index contributed by atoms with van der Waals surface area (Å²) >= 11 is 0. The molecule has 0 aromatic heterocycles. The van der Waals surface area contributed by atoms with Crippen LogP contribution in [0.2, 0.25) is 0 Å². The molecule has 3 aromatic carbocycles. The number of carbonyl (C=O) groups is 7. The zero-order valence-corrected chi connectivity index (χ0v) is 30.2. The summed E-state index contributed by atoms with van der Waals surface area (Å²) in [6.45, 7) is -0.553. The number of benzene rings is 3. The number of phenolic OH excluding ortho intramolecular Hbond substituents is 1. The average Bonchev–Trinajstić information content (AvgIpc) is 3.37. The molecule has 0 unspecified atom stereocenters. The number of rotatable bonds is 20. The third kappa shape index (κ3) is 12.0. The van der Waals surface area contributed by atoms with E-state index in [0.29, 0.717) is 12.0 Å². The smallest absolute Gasteiger partial charge is 0.328 e. The van der Waals surface area contributed by atoms with Crippen LogP contribution in [0.15, 0.2) is 89.9 Å². The van der Waals surface area contributed by atoms with Crippen molar-refractivity contribution in [2.24, 2.45) is 16.5 Å². The maximum Gasteiger partial charge on any atom is 0.328 e. The molecule has 0 bridgehead atoms. The fourth-order valence-corrected chi connectivity index (χ4v) is 6.00. The summed E-state index contributed by atoms with van der Waals surface area (Å²) in [5.41, 5.74) is 12.3. The molecule has 10 N–H and O–H groups in total. The maximum atomic E-state index is 13.8. The number of hydrogen-bond acceptors (Lipinski definition) is 9. The summed E-state index contributed by atoms with van der Waals surface area (Å²) in [4.78, 5) is 97.8. The van der Waals surface area contributed by atoms with Crippen molar-refractivity contribution in [3.8, 4) is 5.75 Å². The molecule has 3 aromatic rings. The third-order valence-corrected chi connectivity index (χ3v) is 8.80. The Morgan fingerprint density at radius 1 is 0.786 bits per heavy atom. The van der Waals surface area contributed by atoms with Gasteiger partial charge < -0.3 is 47.6 Å². The Morgan fingerprint density at radius 3 is 2.04 bits per heavy atom. The van der Waals surface area contributed by atoms with Crippen LogP contribution in [0.3, 0.4) is 0 Å². The van der Waals surface area contributed by atoms with Crippen molar-refractivity contribution in [3.05, 3.63) is 102 Å². The molecule has 0 saturated carbocycles. The van der Waals surface area contributed by atoms with Crippen LogP contribution >= 0.6 is 0 Å². The van der Waals surface area contributed by atoms with Crippen molar-refractivity contribution >= 4 is 47.6 Å². The average molecular weight is 773 g/mol. The molecule has 0 aliphatic carbocycles. The first-order valence-corrected chi connectivity index (χ1v) is 17.6. The fourth-order valence-electron chi connectivity index (χ4n) is 6.00. The van der Waals surface area contributed by atoms with Crippen LogP contribution in [0.1, 0.15) is 48.4 Å². The molecule has 1 aliphatic heterocycles. The Bertz CT molecular complexity index is 1910. The van der Waals surface area contributed by atoms with Gasteiger partial charge in [-0.05, 0) is 48.1 Å². The topological polar surface area (TPSA) is 287 Å². The van der Waals surface area contributed by atoms with Gasteiger partial charge in [0.25, 0.3) is 5.91 Å². The number of phenols is 1. The number of carboxylic acid groups (broad SMARTS) is 2. The van der Waals surface area contributed by atoms with E-state index in [-0.39, 0.29) is 43.2 Å². The summed E-state index contributed by atoms with van der Waals surface area (Å²) in [7, 11) is 0. The van der Waals surface area contributed by atoms with Crippen LogP contribution < -0.4 is 27.4 Å². The van der Waals surface area contributed by atoms with Gasteiger partial charge in [0, 0.05) is 25.9 Å². The summed E-state index contributed by atoms with van der Waals surface area (Å²) in [6, 6.07) is 16.2. The molecule has 1 fully saturated rings. The number of aliphatic carboxylic acids is 2. The first-order chi connectivity index (χ1) is 26.7. The Hall–Kier alpha value is -6.98. The summed E-state index contributed by atoms with van der Waals surface area (Å²) in [6.07, 6.45) is -0.675. The van der Waals surface area contributed by atoms with Crippen molar-refractivity contribution in [2.75, 3.05) is 13.1 Å². The van der Waals surface area contributed by atoms with Crippen LogP contribution in [0.4, 0.5) is 4.79 Å². The summed E-state index contributed by atoms with van der Waals surface area (Å²) in [5.74, 6) is -6.38. The van der Waals surface area contributed by atoms with Crippen LogP contribution in [0, 0.1) is 0 Å². The molecular weight excluding hydrogens is 728 g/mol.